The second kappa shape index (κ2) is 6.89. The fourth-order valence-corrected chi connectivity index (χ4v) is 3.06. The predicted molar refractivity (Wildman–Crippen MR) is 80.8 cm³/mol. The first-order chi connectivity index (χ1) is 9.60. The van der Waals surface area contributed by atoms with Crippen molar-refractivity contribution in [3.05, 3.63) is 35.4 Å². The van der Waals surface area contributed by atoms with Gasteiger partial charge in [-0.3, -0.25) is 4.79 Å². The van der Waals surface area contributed by atoms with Gasteiger partial charge in [0, 0.05) is 12.1 Å². The zero-order valence-corrected chi connectivity index (χ0v) is 12.4. The molecule has 0 bridgehead atoms. The third-order valence-electron chi connectivity index (χ3n) is 4.40. The van der Waals surface area contributed by atoms with Crippen LogP contribution in [0.1, 0.15) is 56.7 Å². The average Bonchev–Trinajstić information content (AvgIpc) is 2.47. The van der Waals surface area contributed by atoms with E-state index in [-0.39, 0.29) is 12.0 Å². The van der Waals surface area contributed by atoms with Gasteiger partial charge >= 0.3 is 5.97 Å². The van der Waals surface area contributed by atoms with Gasteiger partial charge in [-0.15, -0.1) is 0 Å². The summed E-state index contributed by atoms with van der Waals surface area (Å²) in [6.45, 7) is 4.32. The molecule has 1 aromatic carbocycles. The first-order valence-corrected chi connectivity index (χ1v) is 7.67. The third-order valence-corrected chi connectivity index (χ3v) is 4.40. The minimum Gasteiger partial charge on any atom is -0.481 e. The zero-order valence-electron chi connectivity index (χ0n) is 12.4. The quantitative estimate of drug-likeness (QED) is 0.864. The molecule has 1 aliphatic carbocycles. The topological polar surface area (TPSA) is 49.3 Å². The summed E-state index contributed by atoms with van der Waals surface area (Å²) in [4.78, 5) is 11.1. The van der Waals surface area contributed by atoms with Gasteiger partial charge in [-0.2, -0.15) is 0 Å². The van der Waals surface area contributed by atoms with Gasteiger partial charge in [0.15, 0.2) is 0 Å². The number of aliphatic carboxylic acids is 1. The van der Waals surface area contributed by atoms with Crippen molar-refractivity contribution in [2.75, 3.05) is 0 Å². The van der Waals surface area contributed by atoms with Gasteiger partial charge in [-0.1, -0.05) is 37.6 Å². The number of rotatable bonds is 5. The first-order valence-electron chi connectivity index (χ1n) is 7.67. The van der Waals surface area contributed by atoms with Crippen molar-refractivity contribution in [3.63, 3.8) is 0 Å². The number of carboxylic acids is 1. The summed E-state index contributed by atoms with van der Waals surface area (Å²) < 4.78 is 0. The molecule has 0 aliphatic heterocycles. The van der Waals surface area contributed by atoms with Crippen molar-refractivity contribution >= 4 is 5.97 Å². The van der Waals surface area contributed by atoms with Crippen LogP contribution in [0.2, 0.25) is 0 Å². The Morgan fingerprint density at radius 1 is 1.35 bits per heavy atom. The summed E-state index contributed by atoms with van der Waals surface area (Å²) in [6, 6.07) is 9.30. The van der Waals surface area contributed by atoms with Crippen LogP contribution in [-0.2, 0) is 11.2 Å². The summed E-state index contributed by atoms with van der Waals surface area (Å²) in [6.07, 6.45) is 4.74. The van der Waals surface area contributed by atoms with E-state index < -0.39 is 5.97 Å². The molecule has 20 heavy (non-hydrogen) atoms. The maximum atomic E-state index is 11.1. The molecule has 1 aliphatic rings. The molecule has 3 atom stereocenters. The van der Waals surface area contributed by atoms with E-state index in [9.17, 15) is 4.79 Å². The lowest BCUT2D eigenvalue weighted by Gasteiger charge is -2.30. The molecule has 1 fully saturated rings. The van der Waals surface area contributed by atoms with E-state index in [0.29, 0.717) is 6.04 Å². The Kier molecular flexibility index (Phi) is 5.18. The molecule has 3 heteroatoms. The van der Waals surface area contributed by atoms with Crippen LogP contribution in [0.3, 0.4) is 0 Å². The Labute approximate surface area is 121 Å². The van der Waals surface area contributed by atoms with Crippen LogP contribution in [0, 0.1) is 5.92 Å². The number of aryl methyl sites for hydroxylation is 1. The summed E-state index contributed by atoms with van der Waals surface area (Å²) in [5.41, 5.74) is 2.63. The van der Waals surface area contributed by atoms with Gasteiger partial charge in [0.05, 0.1) is 5.92 Å². The second-order valence-corrected chi connectivity index (χ2v) is 5.88. The van der Waals surface area contributed by atoms with E-state index in [2.05, 4.69) is 43.4 Å². The van der Waals surface area contributed by atoms with E-state index in [0.717, 1.165) is 32.1 Å². The van der Waals surface area contributed by atoms with E-state index in [4.69, 9.17) is 5.11 Å². The van der Waals surface area contributed by atoms with E-state index >= 15 is 0 Å². The molecule has 0 heterocycles. The maximum Gasteiger partial charge on any atom is 0.306 e. The fraction of sp³-hybridized carbons (Fsp3) is 0.588. The second-order valence-electron chi connectivity index (χ2n) is 5.88. The molecule has 0 amide bonds. The SMILES string of the molecule is CCc1ccc(C(C)NC2CCCC(C(=O)O)C2)cc1. The number of benzene rings is 1. The van der Waals surface area contributed by atoms with E-state index in [1.165, 1.54) is 11.1 Å². The normalized spacial score (nSPS) is 24.3. The Morgan fingerprint density at radius 3 is 2.65 bits per heavy atom. The molecule has 0 saturated heterocycles. The van der Waals surface area contributed by atoms with Crippen molar-refractivity contribution in [1.29, 1.82) is 0 Å². The minimum atomic E-state index is -0.642. The number of hydrogen-bond donors (Lipinski definition) is 2. The molecule has 0 radical (unpaired) electrons. The summed E-state index contributed by atoms with van der Waals surface area (Å²) >= 11 is 0. The average molecular weight is 275 g/mol. The highest BCUT2D eigenvalue weighted by Gasteiger charge is 2.27. The third kappa shape index (κ3) is 3.83. The lowest BCUT2D eigenvalue weighted by Crippen LogP contribution is -2.37. The van der Waals surface area contributed by atoms with Crippen LogP contribution in [0.4, 0.5) is 0 Å². The molecule has 3 unspecified atom stereocenters. The highest BCUT2D eigenvalue weighted by atomic mass is 16.4. The largest absolute Gasteiger partial charge is 0.481 e. The van der Waals surface area contributed by atoms with Gasteiger partial charge in [0.1, 0.15) is 0 Å². The smallest absolute Gasteiger partial charge is 0.306 e. The van der Waals surface area contributed by atoms with Crippen LogP contribution in [0.5, 0.6) is 0 Å². The number of carbonyl (C=O) groups is 1. The van der Waals surface area contributed by atoms with E-state index in [1.807, 2.05) is 0 Å². The Hall–Kier alpha value is -1.35. The number of hydrogen-bond acceptors (Lipinski definition) is 2. The predicted octanol–water partition coefficient (Wildman–Crippen LogP) is 3.54. The lowest BCUT2D eigenvalue weighted by molar-refractivity contribution is -0.143. The summed E-state index contributed by atoms with van der Waals surface area (Å²) in [5.74, 6) is -0.813. The van der Waals surface area contributed by atoms with E-state index in [1.54, 1.807) is 0 Å². The van der Waals surface area contributed by atoms with Crippen LogP contribution < -0.4 is 5.32 Å². The number of nitrogens with one attached hydrogen (secondary N) is 1. The van der Waals surface area contributed by atoms with Gasteiger partial charge in [0.2, 0.25) is 0 Å². The molecular formula is C17H25NO2. The van der Waals surface area contributed by atoms with Gasteiger partial charge in [0.25, 0.3) is 0 Å². The van der Waals surface area contributed by atoms with Gasteiger partial charge < -0.3 is 10.4 Å². The standard InChI is InChI=1S/C17H25NO2/c1-3-13-7-9-14(10-8-13)12(2)18-16-6-4-5-15(11-16)17(19)20/h7-10,12,15-16,18H,3-6,11H2,1-2H3,(H,19,20). The molecule has 0 aromatic heterocycles. The van der Waals surface area contributed by atoms with Gasteiger partial charge in [-0.25, -0.2) is 0 Å². The van der Waals surface area contributed by atoms with Crippen LogP contribution in [-0.4, -0.2) is 17.1 Å². The summed E-state index contributed by atoms with van der Waals surface area (Å²) in [7, 11) is 0. The Bertz CT molecular complexity index is 441. The molecule has 1 saturated carbocycles. The van der Waals surface area contributed by atoms with Gasteiger partial charge in [-0.05, 0) is 43.7 Å². The van der Waals surface area contributed by atoms with Crippen LogP contribution >= 0.6 is 0 Å². The fourth-order valence-electron chi connectivity index (χ4n) is 3.06. The monoisotopic (exact) mass is 275 g/mol. The number of carboxylic acid groups (broad SMARTS) is 1. The molecule has 110 valence electrons. The van der Waals surface area contributed by atoms with Crippen molar-refractivity contribution in [1.82, 2.24) is 5.32 Å². The first kappa shape index (κ1) is 15.0. The maximum absolute atomic E-state index is 11.1. The minimum absolute atomic E-state index is 0.170. The Balaban J connectivity index is 1.92. The Morgan fingerprint density at radius 2 is 2.05 bits per heavy atom. The summed E-state index contributed by atoms with van der Waals surface area (Å²) in [5, 5.41) is 12.7. The van der Waals surface area contributed by atoms with Crippen molar-refractivity contribution < 1.29 is 9.90 Å². The van der Waals surface area contributed by atoms with Crippen LogP contribution in [0.25, 0.3) is 0 Å². The molecule has 2 rings (SSSR count). The highest BCUT2D eigenvalue weighted by molar-refractivity contribution is 5.70. The molecule has 2 N–H and O–H groups in total. The molecule has 1 aromatic rings. The lowest BCUT2D eigenvalue weighted by atomic mass is 9.85. The highest BCUT2D eigenvalue weighted by Crippen LogP contribution is 2.26. The molecular weight excluding hydrogens is 250 g/mol. The zero-order chi connectivity index (χ0) is 14.5. The van der Waals surface area contributed by atoms with Crippen molar-refractivity contribution in [2.24, 2.45) is 5.92 Å². The molecule has 0 spiro atoms. The van der Waals surface area contributed by atoms with Crippen molar-refractivity contribution in [3.8, 4) is 0 Å². The van der Waals surface area contributed by atoms with Crippen molar-refractivity contribution in [2.45, 2.75) is 58.0 Å². The van der Waals surface area contributed by atoms with Crippen LogP contribution in [0.15, 0.2) is 24.3 Å². The molecule has 3 nitrogen and oxygen atoms in total.